The maximum atomic E-state index is 8.66. The van der Waals surface area contributed by atoms with Crippen molar-refractivity contribution in [3.8, 4) is 0 Å². The van der Waals surface area contributed by atoms with Gasteiger partial charge in [0, 0.05) is 0 Å². The van der Waals surface area contributed by atoms with Crippen LogP contribution in [0.4, 0.5) is 0 Å². The van der Waals surface area contributed by atoms with E-state index in [-0.39, 0.29) is 14.5 Å². The second-order valence-corrected chi connectivity index (χ2v) is 4.01. The van der Waals surface area contributed by atoms with E-state index in [9.17, 15) is 0 Å². The molecule has 0 aliphatic rings. The van der Waals surface area contributed by atoms with Gasteiger partial charge < -0.3 is 0 Å². The fourth-order valence-electron chi connectivity index (χ4n) is 0.639. The Morgan fingerprint density at radius 3 is 2.00 bits per heavy atom. The molecule has 0 saturated heterocycles. The molecule has 7 heteroatoms. The molecule has 0 atom stereocenters. The second-order valence-electron chi connectivity index (χ2n) is 2.03. The summed E-state index contributed by atoms with van der Waals surface area (Å²) in [6, 6.07) is 1.40. The SMILES string of the molecule is OB(O)c1c[se]c(B(O)O)c1. The molecule has 0 unspecified atom stereocenters. The molecule has 0 aliphatic heterocycles. The molecule has 11 heavy (non-hydrogen) atoms. The van der Waals surface area contributed by atoms with E-state index in [1.165, 1.54) is 6.07 Å². The van der Waals surface area contributed by atoms with Crippen LogP contribution < -0.4 is 9.80 Å². The number of rotatable bonds is 2. The van der Waals surface area contributed by atoms with Crippen molar-refractivity contribution >= 4 is 38.5 Å². The first-order valence-corrected chi connectivity index (χ1v) is 4.76. The van der Waals surface area contributed by atoms with Crippen molar-refractivity contribution in [1.29, 1.82) is 0 Å². The average molecular weight is 219 g/mol. The van der Waals surface area contributed by atoms with Gasteiger partial charge >= 0.3 is 69.6 Å². The molecule has 1 aromatic heterocycles. The molecular weight excluding hydrogens is 213 g/mol. The van der Waals surface area contributed by atoms with Gasteiger partial charge in [0.05, 0.1) is 0 Å². The van der Waals surface area contributed by atoms with E-state index >= 15 is 0 Å². The van der Waals surface area contributed by atoms with Crippen LogP contribution in [0, 0.1) is 0 Å². The molecule has 4 nitrogen and oxygen atoms in total. The first-order valence-electron chi connectivity index (χ1n) is 2.92. The van der Waals surface area contributed by atoms with Gasteiger partial charge in [0.2, 0.25) is 0 Å². The van der Waals surface area contributed by atoms with Gasteiger partial charge in [-0.1, -0.05) is 0 Å². The van der Waals surface area contributed by atoms with Gasteiger partial charge in [-0.05, 0) is 0 Å². The van der Waals surface area contributed by atoms with Crippen LogP contribution >= 0.6 is 0 Å². The summed E-state index contributed by atoms with van der Waals surface area (Å²) in [6.07, 6.45) is 0. The number of hydrogen-bond donors (Lipinski definition) is 4. The average Bonchev–Trinajstić information content (AvgIpc) is 2.33. The van der Waals surface area contributed by atoms with E-state index in [1.54, 1.807) is 4.94 Å². The molecule has 0 fully saturated rings. The Bertz CT molecular complexity index is 213. The van der Waals surface area contributed by atoms with Crippen molar-refractivity contribution < 1.29 is 20.1 Å². The van der Waals surface area contributed by atoms with Crippen LogP contribution in [-0.4, -0.2) is 48.8 Å². The molecule has 58 valence electrons. The maximum absolute atomic E-state index is 8.66. The van der Waals surface area contributed by atoms with E-state index < -0.39 is 14.2 Å². The van der Waals surface area contributed by atoms with Crippen molar-refractivity contribution in [1.82, 2.24) is 0 Å². The third kappa shape index (κ3) is 2.20. The third-order valence-electron chi connectivity index (χ3n) is 1.19. The Balaban J connectivity index is 2.82. The third-order valence-corrected chi connectivity index (χ3v) is 3.27. The zero-order chi connectivity index (χ0) is 8.43. The van der Waals surface area contributed by atoms with E-state index in [4.69, 9.17) is 20.1 Å². The van der Waals surface area contributed by atoms with Gasteiger partial charge in [-0.2, -0.15) is 0 Å². The van der Waals surface area contributed by atoms with Crippen molar-refractivity contribution in [2.24, 2.45) is 0 Å². The van der Waals surface area contributed by atoms with Crippen LogP contribution in [-0.2, 0) is 0 Å². The summed E-state index contributed by atoms with van der Waals surface area (Å²) in [7, 11) is -2.98. The zero-order valence-corrected chi connectivity index (χ0v) is 7.22. The molecule has 0 spiro atoms. The van der Waals surface area contributed by atoms with Crippen molar-refractivity contribution in [2.45, 2.75) is 0 Å². The fraction of sp³-hybridized carbons (Fsp3) is 0. The number of hydrogen-bond acceptors (Lipinski definition) is 4. The summed E-state index contributed by atoms with van der Waals surface area (Å²) < 4.78 is 0.445. The van der Waals surface area contributed by atoms with Gasteiger partial charge in [-0.25, -0.2) is 0 Å². The Morgan fingerprint density at radius 1 is 1.09 bits per heavy atom. The van der Waals surface area contributed by atoms with E-state index in [2.05, 4.69) is 0 Å². The molecule has 1 rings (SSSR count). The Labute approximate surface area is 70.2 Å². The van der Waals surface area contributed by atoms with Crippen LogP contribution in [0.1, 0.15) is 0 Å². The fourth-order valence-corrected chi connectivity index (χ4v) is 2.29. The van der Waals surface area contributed by atoms with Crippen molar-refractivity contribution in [3.63, 3.8) is 0 Å². The van der Waals surface area contributed by atoms with E-state index in [0.29, 0.717) is 9.80 Å². The monoisotopic (exact) mass is 220 g/mol. The van der Waals surface area contributed by atoms with Crippen LogP contribution in [0.2, 0.25) is 0 Å². The van der Waals surface area contributed by atoms with Crippen molar-refractivity contribution in [2.75, 3.05) is 0 Å². The van der Waals surface area contributed by atoms with E-state index in [1.807, 2.05) is 0 Å². The Hall–Kier alpha value is -0.0306. The summed E-state index contributed by atoms with van der Waals surface area (Å²) in [5, 5.41) is 34.6. The van der Waals surface area contributed by atoms with Crippen LogP contribution in [0.3, 0.4) is 0 Å². The first-order chi connectivity index (χ1) is 5.11. The molecular formula is C4H6B2O4Se. The Morgan fingerprint density at radius 2 is 1.73 bits per heavy atom. The standard InChI is InChI=1S/C4H6B2O4Se/c7-5(8)3-1-4(6(9)10)11-2-3/h1-2,7-10H. The minimum atomic E-state index is -1.51. The molecule has 0 bridgehead atoms. The van der Waals surface area contributed by atoms with Crippen LogP contribution in [0.15, 0.2) is 11.0 Å². The first kappa shape index (κ1) is 9.06. The summed E-state index contributed by atoms with van der Waals surface area (Å²) in [6.45, 7) is 0. The zero-order valence-electron chi connectivity index (χ0n) is 5.51. The molecule has 4 N–H and O–H groups in total. The molecule has 0 aromatic carbocycles. The second kappa shape index (κ2) is 3.58. The van der Waals surface area contributed by atoms with E-state index in [0.717, 1.165) is 0 Å². The van der Waals surface area contributed by atoms with Gasteiger partial charge in [0.1, 0.15) is 0 Å². The van der Waals surface area contributed by atoms with Crippen molar-refractivity contribution in [3.05, 3.63) is 11.0 Å². The molecule has 1 aromatic rings. The van der Waals surface area contributed by atoms with Gasteiger partial charge in [0.25, 0.3) is 0 Å². The molecule has 0 aliphatic carbocycles. The molecule has 0 saturated carbocycles. The van der Waals surface area contributed by atoms with Crippen LogP contribution in [0.25, 0.3) is 0 Å². The van der Waals surface area contributed by atoms with Gasteiger partial charge in [-0.15, -0.1) is 0 Å². The summed E-state index contributed by atoms with van der Waals surface area (Å²) >= 11 is -0.160. The van der Waals surface area contributed by atoms with Gasteiger partial charge in [0.15, 0.2) is 0 Å². The molecule has 0 amide bonds. The topological polar surface area (TPSA) is 80.9 Å². The normalized spacial score (nSPS) is 9.82. The summed E-state index contributed by atoms with van der Waals surface area (Å²) in [5.41, 5.74) is 0.341. The van der Waals surface area contributed by atoms with Crippen LogP contribution in [0.5, 0.6) is 0 Å². The minimum absolute atomic E-state index is 0.160. The predicted octanol–water partition coefficient (Wildman–Crippen LogP) is -3.90. The summed E-state index contributed by atoms with van der Waals surface area (Å²) in [5.74, 6) is 0. The quantitative estimate of drug-likeness (QED) is 0.383. The molecule has 1 heterocycles. The predicted molar refractivity (Wildman–Crippen MR) is 43.0 cm³/mol. The van der Waals surface area contributed by atoms with Gasteiger partial charge in [-0.3, -0.25) is 0 Å². The Kier molecular flexibility index (Phi) is 2.95. The summed E-state index contributed by atoms with van der Waals surface area (Å²) in [4.78, 5) is 1.60. The molecule has 0 radical (unpaired) electrons.